The Bertz CT molecular complexity index is 286. The van der Waals surface area contributed by atoms with E-state index < -0.39 is 0 Å². The molecule has 0 amide bonds. The summed E-state index contributed by atoms with van der Waals surface area (Å²) in [6, 6.07) is 1.98. The molecule has 1 atom stereocenters. The summed E-state index contributed by atoms with van der Waals surface area (Å²) in [4.78, 5) is 4.91. The molecule has 4 heteroatoms. The van der Waals surface area contributed by atoms with E-state index in [1.807, 2.05) is 6.07 Å². The summed E-state index contributed by atoms with van der Waals surface area (Å²) in [5, 5.41) is 0. The van der Waals surface area contributed by atoms with Gasteiger partial charge in [-0.25, -0.2) is 5.90 Å². The zero-order valence-electron chi connectivity index (χ0n) is 9.53. The molecule has 1 heterocycles. The molecule has 3 nitrogen and oxygen atoms in total. The standard InChI is InChI=1S/C11H19NO2S/c1-8(2)10(14-12)6-15-7-11-9(3)4-5-13-11/h4-5,8,10H,6-7,12H2,1-3H3. The van der Waals surface area contributed by atoms with Gasteiger partial charge >= 0.3 is 0 Å². The van der Waals surface area contributed by atoms with Crippen LogP contribution in [0.4, 0.5) is 0 Å². The predicted molar refractivity (Wildman–Crippen MR) is 63.5 cm³/mol. The molecular weight excluding hydrogens is 210 g/mol. The molecule has 0 aliphatic heterocycles. The molecule has 0 aliphatic carbocycles. The van der Waals surface area contributed by atoms with Crippen molar-refractivity contribution in [2.24, 2.45) is 11.8 Å². The minimum absolute atomic E-state index is 0.116. The summed E-state index contributed by atoms with van der Waals surface area (Å²) in [5.74, 6) is 8.49. The Hall–Kier alpha value is -0.450. The molecule has 1 aromatic rings. The van der Waals surface area contributed by atoms with Crippen LogP contribution in [-0.4, -0.2) is 11.9 Å². The third-order valence-electron chi connectivity index (χ3n) is 2.40. The van der Waals surface area contributed by atoms with E-state index >= 15 is 0 Å². The van der Waals surface area contributed by atoms with Gasteiger partial charge in [-0.2, -0.15) is 11.8 Å². The minimum Gasteiger partial charge on any atom is -0.468 e. The van der Waals surface area contributed by atoms with Crippen LogP contribution in [0.15, 0.2) is 16.7 Å². The molecule has 0 aliphatic rings. The van der Waals surface area contributed by atoms with Crippen molar-refractivity contribution in [3.63, 3.8) is 0 Å². The number of aryl methyl sites for hydroxylation is 1. The van der Waals surface area contributed by atoms with Gasteiger partial charge in [-0.15, -0.1) is 0 Å². The molecule has 1 unspecified atom stereocenters. The van der Waals surface area contributed by atoms with E-state index in [0.717, 1.165) is 17.3 Å². The summed E-state index contributed by atoms with van der Waals surface area (Å²) in [5.41, 5.74) is 1.21. The first-order chi connectivity index (χ1) is 7.15. The van der Waals surface area contributed by atoms with E-state index in [1.54, 1.807) is 18.0 Å². The van der Waals surface area contributed by atoms with Crippen LogP contribution in [-0.2, 0) is 10.6 Å². The third-order valence-corrected chi connectivity index (χ3v) is 3.43. The van der Waals surface area contributed by atoms with Gasteiger partial charge in [0.2, 0.25) is 0 Å². The number of furan rings is 1. The molecular formula is C11H19NO2S. The smallest absolute Gasteiger partial charge is 0.116 e. The fourth-order valence-corrected chi connectivity index (χ4v) is 2.50. The van der Waals surface area contributed by atoms with Crippen molar-refractivity contribution >= 4 is 11.8 Å². The largest absolute Gasteiger partial charge is 0.468 e. The highest BCUT2D eigenvalue weighted by molar-refractivity contribution is 7.98. The average molecular weight is 229 g/mol. The minimum atomic E-state index is 0.116. The summed E-state index contributed by atoms with van der Waals surface area (Å²) >= 11 is 1.79. The molecule has 0 saturated carbocycles. The Morgan fingerprint density at radius 2 is 2.27 bits per heavy atom. The van der Waals surface area contributed by atoms with Gasteiger partial charge in [0.25, 0.3) is 0 Å². The van der Waals surface area contributed by atoms with Crippen LogP contribution in [0.1, 0.15) is 25.2 Å². The van der Waals surface area contributed by atoms with Gasteiger partial charge in [0.15, 0.2) is 0 Å². The van der Waals surface area contributed by atoms with Crippen molar-refractivity contribution in [2.45, 2.75) is 32.6 Å². The normalized spacial score (nSPS) is 13.4. The Morgan fingerprint density at radius 1 is 1.53 bits per heavy atom. The van der Waals surface area contributed by atoms with Crippen LogP contribution in [0.2, 0.25) is 0 Å². The monoisotopic (exact) mass is 229 g/mol. The van der Waals surface area contributed by atoms with Gasteiger partial charge in [-0.3, -0.25) is 0 Å². The maximum atomic E-state index is 5.35. The van der Waals surface area contributed by atoms with Crippen molar-refractivity contribution in [1.82, 2.24) is 0 Å². The van der Waals surface area contributed by atoms with E-state index in [-0.39, 0.29) is 6.10 Å². The van der Waals surface area contributed by atoms with Crippen LogP contribution in [0.25, 0.3) is 0 Å². The topological polar surface area (TPSA) is 48.4 Å². The SMILES string of the molecule is Cc1ccoc1CSCC(ON)C(C)C. The van der Waals surface area contributed by atoms with Gasteiger partial charge in [-0.05, 0) is 24.5 Å². The molecule has 2 N–H and O–H groups in total. The van der Waals surface area contributed by atoms with E-state index in [2.05, 4.69) is 20.8 Å². The van der Waals surface area contributed by atoms with Crippen LogP contribution in [0.3, 0.4) is 0 Å². The van der Waals surface area contributed by atoms with E-state index in [9.17, 15) is 0 Å². The van der Waals surface area contributed by atoms with E-state index in [0.29, 0.717) is 5.92 Å². The summed E-state index contributed by atoms with van der Waals surface area (Å²) in [6.45, 7) is 6.27. The first-order valence-corrected chi connectivity index (χ1v) is 6.27. The van der Waals surface area contributed by atoms with Gasteiger partial charge in [0.05, 0.1) is 18.1 Å². The number of nitrogens with two attached hydrogens (primary N) is 1. The molecule has 86 valence electrons. The fraction of sp³-hybridized carbons (Fsp3) is 0.636. The second-order valence-corrected chi connectivity index (χ2v) is 4.99. The van der Waals surface area contributed by atoms with Crippen LogP contribution >= 0.6 is 11.8 Å². The molecule has 1 rings (SSSR count). The van der Waals surface area contributed by atoms with E-state index in [1.165, 1.54) is 5.56 Å². The van der Waals surface area contributed by atoms with Gasteiger partial charge in [0.1, 0.15) is 5.76 Å². The molecule has 0 bridgehead atoms. The van der Waals surface area contributed by atoms with Crippen molar-refractivity contribution < 1.29 is 9.25 Å². The number of thioether (sulfide) groups is 1. The van der Waals surface area contributed by atoms with Crippen molar-refractivity contribution in [2.75, 3.05) is 5.75 Å². The maximum absolute atomic E-state index is 5.35. The second-order valence-electron chi connectivity index (χ2n) is 3.96. The third kappa shape index (κ3) is 3.89. The average Bonchev–Trinajstić information content (AvgIpc) is 2.58. The molecule has 0 saturated heterocycles. The molecule has 0 radical (unpaired) electrons. The predicted octanol–water partition coefficient (Wildman–Crippen LogP) is 2.74. The Morgan fingerprint density at radius 3 is 2.73 bits per heavy atom. The Labute approximate surface area is 95.3 Å². The zero-order chi connectivity index (χ0) is 11.3. The van der Waals surface area contributed by atoms with E-state index in [4.69, 9.17) is 15.2 Å². The molecule has 0 aromatic carbocycles. The Kier molecular flexibility index (Phi) is 5.22. The maximum Gasteiger partial charge on any atom is 0.116 e. The molecule has 0 fully saturated rings. The lowest BCUT2D eigenvalue weighted by atomic mass is 10.1. The van der Waals surface area contributed by atoms with Gasteiger partial charge in [0, 0.05) is 5.75 Å². The highest BCUT2D eigenvalue weighted by Gasteiger charge is 2.13. The van der Waals surface area contributed by atoms with Crippen LogP contribution in [0.5, 0.6) is 0 Å². The van der Waals surface area contributed by atoms with Crippen molar-refractivity contribution in [1.29, 1.82) is 0 Å². The number of rotatable bonds is 6. The quantitative estimate of drug-likeness (QED) is 0.762. The Balaban J connectivity index is 2.29. The number of hydrogen-bond acceptors (Lipinski definition) is 4. The zero-order valence-corrected chi connectivity index (χ0v) is 10.3. The van der Waals surface area contributed by atoms with Gasteiger partial charge in [-0.1, -0.05) is 13.8 Å². The first-order valence-electron chi connectivity index (χ1n) is 5.11. The molecule has 0 spiro atoms. The van der Waals surface area contributed by atoms with Crippen molar-refractivity contribution in [3.05, 3.63) is 23.7 Å². The van der Waals surface area contributed by atoms with Gasteiger partial charge < -0.3 is 9.25 Å². The molecule has 15 heavy (non-hydrogen) atoms. The molecule has 1 aromatic heterocycles. The summed E-state index contributed by atoms with van der Waals surface area (Å²) in [7, 11) is 0. The van der Waals surface area contributed by atoms with Crippen LogP contribution in [0, 0.1) is 12.8 Å². The highest BCUT2D eigenvalue weighted by Crippen LogP contribution is 2.19. The fourth-order valence-electron chi connectivity index (χ4n) is 1.21. The van der Waals surface area contributed by atoms with Crippen molar-refractivity contribution in [3.8, 4) is 0 Å². The second kappa shape index (κ2) is 6.20. The lowest BCUT2D eigenvalue weighted by Crippen LogP contribution is -2.25. The number of hydrogen-bond donors (Lipinski definition) is 1. The summed E-state index contributed by atoms with van der Waals surface area (Å²) < 4.78 is 5.35. The van der Waals surface area contributed by atoms with Crippen LogP contribution < -0.4 is 5.90 Å². The lowest BCUT2D eigenvalue weighted by molar-refractivity contribution is 0.0385. The highest BCUT2D eigenvalue weighted by atomic mass is 32.2. The summed E-state index contributed by atoms with van der Waals surface area (Å²) in [6.07, 6.45) is 1.84. The first kappa shape index (κ1) is 12.6. The lowest BCUT2D eigenvalue weighted by Gasteiger charge is -2.17.